The topological polar surface area (TPSA) is 84.4 Å². The summed E-state index contributed by atoms with van der Waals surface area (Å²) >= 11 is 0. The fraction of sp³-hybridized carbons (Fsp3) is 0.571. The Morgan fingerprint density at radius 2 is 2.19 bits per heavy atom. The van der Waals surface area contributed by atoms with Gasteiger partial charge in [0, 0.05) is 18.9 Å². The maximum absolute atomic E-state index is 11.9. The highest BCUT2D eigenvalue weighted by atomic mass is 16.5. The third-order valence-corrected chi connectivity index (χ3v) is 3.31. The van der Waals surface area contributed by atoms with Crippen molar-refractivity contribution >= 4 is 17.8 Å². The Labute approximate surface area is 123 Å². The maximum Gasteiger partial charge on any atom is 0.310 e. The lowest BCUT2D eigenvalue weighted by Crippen LogP contribution is -2.43. The zero-order valence-corrected chi connectivity index (χ0v) is 12.1. The minimum atomic E-state index is -0.175. The number of piperidine rings is 1. The zero-order chi connectivity index (χ0) is 15.1. The van der Waals surface area contributed by atoms with Gasteiger partial charge in [-0.25, -0.2) is 9.97 Å². The second-order valence-electron chi connectivity index (χ2n) is 4.95. The van der Waals surface area contributed by atoms with Crippen molar-refractivity contribution in [1.29, 1.82) is 0 Å². The Hall–Kier alpha value is -2.02. The first-order valence-electron chi connectivity index (χ1n) is 7.15. The SMILES string of the molecule is CCOC(=O)C1CCCN(CC(=O)Nc2ncccn2)C1. The minimum Gasteiger partial charge on any atom is -0.466 e. The molecule has 1 fully saturated rings. The molecule has 1 aromatic heterocycles. The third kappa shape index (κ3) is 4.78. The van der Waals surface area contributed by atoms with Gasteiger partial charge in [0.25, 0.3) is 0 Å². The van der Waals surface area contributed by atoms with E-state index in [0.29, 0.717) is 19.1 Å². The van der Waals surface area contributed by atoms with Gasteiger partial charge in [-0.3, -0.25) is 19.8 Å². The number of rotatable bonds is 5. The molecule has 1 aromatic rings. The molecule has 1 amide bonds. The molecule has 1 saturated heterocycles. The molecule has 0 radical (unpaired) electrons. The van der Waals surface area contributed by atoms with E-state index in [0.717, 1.165) is 19.4 Å². The summed E-state index contributed by atoms with van der Waals surface area (Å²) in [5, 5.41) is 2.64. The van der Waals surface area contributed by atoms with Crippen LogP contribution in [0.1, 0.15) is 19.8 Å². The van der Waals surface area contributed by atoms with Crippen LogP contribution in [0.25, 0.3) is 0 Å². The van der Waals surface area contributed by atoms with E-state index in [9.17, 15) is 9.59 Å². The first-order chi connectivity index (χ1) is 10.2. The Kier molecular flexibility index (Phi) is 5.62. The molecule has 114 valence electrons. The van der Waals surface area contributed by atoms with Crippen molar-refractivity contribution in [3.63, 3.8) is 0 Å². The van der Waals surface area contributed by atoms with Gasteiger partial charge in [-0.15, -0.1) is 0 Å². The largest absolute Gasteiger partial charge is 0.466 e. The van der Waals surface area contributed by atoms with E-state index in [2.05, 4.69) is 15.3 Å². The van der Waals surface area contributed by atoms with Crippen LogP contribution in [0.2, 0.25) is 0 Å². The van der Waals surface area contributed by atoms with Crippen molar-refractivity contribution in [2.75, 3.05) is 31.6 Å². The maximum atomic E-state index is 11.9. The molecule has 0 bridgehead atoms. The molecule has 7 heteroatoms. The number of nitrogens with one attached hydrogen (secondary N) is 1. The number of carbonyl (C=O) groups excluding carboxylic acids is 2. The van der Waals surface area contributed by atoms with E-state index in [-0.39, 0.29) is 24.3 Å². The first kappa shape index (κ1) is 15.4. The summed E-state index contributed by atoms with van der Waals surface area (Å²) in [7, 11) is 0. The van der Waals surface area contributed by atoms with Crippen molar-refractivity contribution in [2.24, 2.45) is 5.92 Å². The van der Waals surface area contributed by atoms with Crippen LogP contribution in [-0.4, -0.2) is 53.0 Å². The van der Waals surface area contributed by atoms with Gasteiger partial charge in [0.2, 0.25) is 11.9 Å². The lowest BCUT2D eigenvalue weighted by Gasteiger charge is -2.30. The summed E-state index contributed by atoms with van der Waals surface area (Å²) in [5.41, 5.74) is 0. The highest BCUT2D eigenvalue weighted by Gasteiger charge is 2.27. The second kappa shape index (κ2) is 7.68. The quantitative estimate of drug-likeness (QED) is 0.804. The molecule has 1 atom stereocenters. The molecule has 2 heterocycles. The predicted molar refractivity (Wildman–Crippen MR) is 76.5 cm³/mol. The molecule has 0 spiro atoms. The summed E-state index contributed by atoms with van der Waals surface area (Å²) in [5.74, 6) is -0.194. The van der Waals surface area contributed by atoms with Gasteiger partial charge in [-0.05, 0) is 32.4 Å². The summed E-state index contributed by atoms with van der Waals surface area (Å²) in [4.78, 5) is 33.5. The minimum absolute atomic E-state index is 0.139. The summed E-state index contributed by atoms with van der Waals surface area (Å²) < 4.78 is 5.04. The Bertz CT molecular complexity index is 480. The van der Waals surface area contributed by atoms with Crippen LogP contribution in [0, 0.1) is 5.92 Å². The number of esters is 1. The summed E-state index contributed by atoms with van der Waals surface area (Å²) in [6.45, 7) is 3.78. The van der Waals surface area contributed by atoms with Crippen LogP contribution >= 0.6 is 0 Å². The van der Waals surface area contributed by atoms with Crippen molar-refractivity contribution in [2.45, 2.75) is 19.8 Å². The van der Waals surface area contributed by atoms with E-state index in [1.54, 1.807) is 25.4 Å². The number of carbonyl (C=O) groups is 2. The number of ether oxygens (including phenoxy) is 1. The van der Waals surface area contributed by atoms with Gasteiger partial charge >= 0.3 is 5.97 Å². The van der Waals surface area contributed by atoms with Gasteiger partial charge in [-0.2, -0.15) is 0 Å². The summed E-state index contributed by atoms with van der Waals surface area (Å²) in [6, 6.07) is 1.68. The Morgan fingerprint density at radius 3 is 2.90 bits per heavy atom. The molecule has 0 aromatic carbocycles. The van der Waals surface area contributed by atoms with E-state index < -0.39 is 0 Å². The lowest BCUT2D eigenvalue weighted by atomic mass is 9.98. The van der Waals surface area contributed by atoms with Gasteiger partial charge < -0.3 is 4.74 Å². The zero-order valence-electron chi connectivity index (χ0n) is 12.1. The van der Waals surface area contributed by atoms with Crippen LogP contribution in [-0.2, 0) is 14.3 Å². The summed E-state index contributed by atoms with van der Waals surface area (Å²) in [6.07, 6.45) is 4.85. The smallest absolute Gasteiger partial charge is 0.310 e. The van der Waals surface area contributed by atoms with Crippen LogP contribution < -0.4 is 5.32 Å². The molecule has 21 heavy (non-hydrogen) atoms. The lowest BCUT2D eigenvalue weighted by molar-refractivity contribution is -0.150. The standard InChI is InChI=1S/C14H20N4O3/c1-2-21-13(20)11-5-3-8-18(9-11)10-12(19)17-14-15-6-4-7-16-14/h4,6-7,11H,2-3,5,8-10H2,1H3,(H,15,16,17,19). The van der Waals surface area contributed by atoms with Crippen LogP contribution in [0.15, 0.2) is 18.5 Å². The van der Waals surface area contributed by atoms with Crippen LogP contribution in [0.4, 0.5) is 5.95 Å². The molecule has 1 aliphatic heterocycles. The molecular formula is C14H20N4O3. The normalized spacial score (nSPS) is 19.0. The van der Waals surface area contributed by atoms with Crippen molar-refractivity contribution < 1.29 is 14.3 Å². The van der Waals surface area contributed by atoms with Crippen molar-refractivity contribution in [3.05, 3.63) is 18.5 Å². The number of anilines is 1. The molecule has 7 nitrogen and oxygen atoms in total. The van der Waals surface area contributed by atoms with Gasteiger partial charge in [0.1, 0.15) is 0 Å². The molecule has 1 aliphatic rings. The highest BCUT2D eigenvalue weighted by Crippen LogP contribution is 2.17. The van der Waals surface area contributed by atoms with Crippen LogP contribution in [0.5, 0.6) is 0 Å². The number of hydrogen-bond acceptors (Lipinski definition) is 6. The van der Waals surface area contributed by atoms with Crippen molar-refractivity contribution in [1.82, 2.24) is 14.9 Å². The van der Waals surface area contributed by atoms with E-state index >= 15 is 0 Å². The molecule has 0 saturated carbocycles. The molecule has 2 rings (SSSR count). The molecule has 1 N–H and O–H groups in total. The Balaban J connectivity index is 1.82. The highest BCUT2D eigenvalue weighted by molar-refractivity contribution is 5.90. The number of nitrogens with zero attached hydrogens (tertiary/aromatic N) is 3. The van der Waals surface area contributed by atoms with Gasteiger partial charge in [-0.1, -0.05) is 0 Å². The molecule has 0 aliphatic carbocycles. The number of hydrogen-bond donors (Lipinski definition) is 1. The first-order valence-corrected chi connectivity index (χ1v) is 7.15. The number of amides is 1. The van der Waals surface area contributed by atoms with E-state index in [4.69, 9.17) is 4.74 Å². The van der Waals surface area contributed by atoms with Crippen molar-refractivity contribution in [3.8, 4) is 0 Å². The van der Waals surface area contributed by atoms with E-state index in [1.807, 2.05) is 4.90 Å². The number of aromatic nitrogens is 2. The monoisotopic (exact) mass is 292 g/mol. The van der Waals surface area contributed by atoms with Gasteiger partial charge in [0.05, 0.1) is 19.1 Å². The Morgan fingerprint density at radius 1 is 1.43 bits per heavy atom. The fourth-order valence-corrected chi connectivity index (χ4v) is 2.38. The molecular weight excluding hydrogens is 272 g/mol. The average molecular weight is 292 g/mol. The van der Waals surface area contributed by atoms with Gasteiger partial charge in [0.15, 0.2) is 0 Å². The predicted octanol–water partition coefficient (Wildman–Crippen LogP) is 0.690. The molecule has 1 unspecified atom stereocenters. The fourth-order valence-electron chi connectivity index (χ4n) is 2.38. The second-order valence-corrected chi connectivity index (χ2v) is 4.95. The van der Waals surface area contributed by atoms with Crippen LogP contribution in [0.3, 0.4) is 0 Å². The average Bonchev–Trinajstić information content (AvgIpc) is 2.48. The van der Waals surface area contributed by atoms with E-state index in [1.165, 1.54) is 0 Å². The number of likely N-dealkylation sites (tertiary alicyclic amines) is 1. The third-order valence-electron chi connectivity index (χ3n) is 3.31.